The second kappa shape index (κ2) is 5.30. The van der Waals surface area contributed by atoms with Crippen LogP contribution in [0.4, 0.5) is 23.2 Å². The molecule has 20 heavy (non-hydrogen) atoms. The number of carbonyl (C=O) groups is 1. The first-order valence-electron chi connectivity index (χ1n) is 5.79. The van der Waals surface area contributed by atoms with Crippen molar-refractivity contribution in [2.75, 3.05) is 5.32 Å². The van der Waals surface area contributed by atoms with E-state index in [1.807, 2.05) is 0 Å². The smallest absolute Gasteiger partial charge is 0.419 e. The lowest BCUT2D eigenvalue weighted by molar-refractivity contribution is -0.140. The Kier molecular flexibility index (Phi) is 4.31. The normalized spacial score (nSPS) is 13.9. The zero-order valence-electron chi connectivity index (χ0n) is 11.2. The van der Waals surface area contributed by atoms with Crippen LogP contribution in [0.1, 0.15) is 26.3 Å². The van der Waals surface area contributed by atoms with Gasteiger partial charge in [0.05, 0.1) is 5.56 Å². The molecule has 0 aliphatic rings. The molecule has 0 spiro atoms. The summed E-state index contributed by atoms with van der Waals surface area (Å²) in [7, 11) is 0. The lowest BCUT2D eigenvalue weighted by Crippen LogP contribution is -2.41. The van der Waals surface area contributed by atoms with Crippen LogP contribution < -0.4 is 5.32 Å². The van der Waals surface area contributed by atoms with E-state index in [0.717, 1.165) is 6.07 Å². The summed E-state index contributed by atoms with van der Waals surface area (Å²) in [5.41, 5.74) is -2.25. The van der Waals surface area contributed by atoms with Crippen molar-refractivity contribution < 1.29 is 27.5 Å². The zero-order chi connectivity index (χ0) is 15.7. The minimum Gasteiger partial charge on any atom is -0.480 e. The Hall–Kier alpha value is -1.79. The summed E-state index contributed by atoms with van der Waals surface area (Å²) in [4.78, 5) is 11.1. The zero-order valence-corrected chi connectivity index (χ0v) is 11.2. The number of carboxylic acids is 1. The van der Waals surface area contributed by atoms with Gasteiger partial charge >= 0.3 is 12.1 Å². The fourth-order valence-corrected chi connectivity index (χ4v) is 1.65. The van der Waals surface area contributed by atoms with Gasteiger partial charge in [0.25, 0.3) is 0 Å². The molecular formula is C13H15F4NO2. The summed E-state index contributed by atoms with van der Waals surface area (Å²) in [6.45, 7) is 4.90. The van der Waals surface area contributed by atoms with Gasteiger partial charge in [0.2, 0.25) is 0 Å². The number of hydrogen-bond acceptors (Lipinski definition) is 2. The maximum Gasteiger partial charge on any atom is 0.419 e. The predicted molar refractivity (Wildman–Crippen MR) is 65.9 cm³/mol. The number of anilines is 1. The monoisotopic (exact) mass is 293 g/mol. The average molecular weight is 293 g/mol. The van der Waals surface area contributed by atoms with E-state index in [1.165, 1.54) is 0 Å². The van der Waals surface area contributed by atoms with Gasteiger partial charge in [-0.1, -0.05) is 20.8 Å². The van der Waals surface area contributed by atoms with Crippen LogP contribution in [0.5, 0.6) is 0 Å². The first kappa shape index (κ1) is 16.3. The number of benzene rings is 1. The quantitative estimate of drug-likeness (QED) is 0.834. The number of hydrogen-bond donors (Lipinski definition) is 2. The second-order valence-corrected chi connectivity index (χ2v) is 5.47. The van der Waals surface area contributed by atoms with Crippen LogP contribution in [0.2, 0.25) is 0 Å². The Morgan fingerprint density at radius 2 is 1.80 bits per heavy atom. The molecule has 1 rings (SSSR count). The predicted octanol–water partition coefficient (Wildman–Crippen LogP) is 3.76. The van der Waals surface area contributed by atoms with E-state index >= 15 is 0 Å². The molecular weight excluding hydrogens is 278 g/mol. The summed E-state index contributed by atoms with van der Waals surface area (Å²) in [5, 5.41) is 11.6. The van der Waals surface area contributed by atoms with E-state index in [0.29, 0.717) is 12.1 Å². The molecule has 0 heterocycles. The van der Waals surface area contributed by atoms with Crippen LogP contribution in [0, 0.1) is 11.2 Å². The van der Waals surface area contributed by atoms with E-state index in [-0.39, 0.29) is 5.69 Å². The molecule has 0 aliphatic heterocycles. The standard InChI is InChI=1S/C13H15F4NO2/c1-12(2,3)10(11(19)20)18-7-4-5-9(14)8(6-7)13(15,16)17/h4-6,10,18H,1-3H3,(H,19,20)/t10-/m1/s1. The maximum atomic E-state index is 13.1. The van der Waals surface area contributed by atoms with Gasteiger partial charge in [-0.15, -0.1) is 0 Å². The maximum absolute atomic E-state index is 13.1. The van der Waals surface area contributed by atoms with Crippen LogP contribution in [0.3, 0.4) is 0 Å². The summed E-state index contributed by atoms with van der Waals surface area (Å²) in [6, 6.07) is 1.20. The molecule has 0 saturated carbocycles. The molecule has 0 bridgehead atoms. The van der Waals surface area contributed by atoms with Gasteiger partial charge in [-0.05, 0) is 23.6 Å². The highest BCUT2D eigenvalue weighted by atomic mass is 19.4. The number of alkyl halides is 3. The van der Waals surface area contributed by atoms with Crippen LogP contribution >= 0.6 is 0 Å². The highest BCUT2D eigenvalue weighted by Crippen LogP contribution is 2.33. The second-order valence-electron chi connectivity index (χ2n) is 5.47. The Morgan fingerprint density at radius 3 is 2.20 bits per heavy atom. The Balaban J connectivity index is 3.13. The topological polar surface area (TPSA) is 49.3 Å². The van der Waals surface area contributed by atoms with Gasteiger partial charge in [0.15, 0.2) is 0 Å². The van der Waals surface area contributed by atoms with Crippen molar-refractivity contribution in [3.63, 3.8) is 0 Å². The van der Waals surface area contributed by atoms with Crippen molar-refractivity contribution in [2.45, 2.75) is 33.0 Å². The minimum absolute atomic E-state index is 0.0962. The number of rotatable bonds is 3. The molecule has 0 radical (unpaired) electrons. The molecule has 3 nitrogen and oxygen atoms in total. The van der Waals surface area contributed by atoms with Crippen LogP contribution in [0.25, 0.3) is 0 Å². The van der Waals surface area contributed by atoms with E-state index in [1.54, 1.807) is 20.8 Å². The van der Waals surface area contributed by atoms with Crippen molar-refractivity contribution in [3.05, 3.63) is 29.6 Å². The van der Waals surface area contributed by atoms with Crippen LogP contribution in [-0.4, -0.2) is 17.1 Å². The number of nitrogens with one attached hydrogen (secondary N) is 1. The van der Waals surface area contributed by atoms with Crippen molar-refractivity contribution in [1.29, 1.82) is 0 Å². The van der Waals surface area contributed by atoms with E-state index in [9.17, 15) is 22.4 Å². The van der Waals surface area contributed by atoms with Crippen LogP contribution in [-0.2, 0) is 11.0 Å². The molecule has 1 aromatic carbocycles. The SMILES string of the molecule is CC(C)(C)[C@H](Nc1ccc(F)c(C(F)(F)F)c1)C(=O)O. The summed E-state index contributed by atoms with van der Waals surface area (Å²) in [6.07, 6.45) is -4.83. The number of aliphatic carboxylic acids is 1. The third kappa shape index (κ3) is 3.85. The lowest BCUT2D eigenvalue weighted by Gasteiger charge is -2.28. The molecule has 7 heteroatoms. The fourth-order valence-electron chi connectivity index (χ4n) is 1.65. The third-order valence-corrected chi connectivity index (χ3v) is 2.70. The van der Waals surface area contributed by atoms with Crippen molar-refractivity contribution >= 4 is 11.7 Å². The molecule has 0 amide bonds. The van der Waals surface area contributed by atoms with Gasteiger partial charge in [-0.2, -0.15) is 13.2 Å². The van der Waals surface area contributed by atoms with Gasteiger partial charge < -0.3 is 10.4 Å². The number of carboxylic acid groups (broad SMARTS) is 1. The first-order valence-corrected chi connectivity index (χ1v) is 5.79. The molecule has 0 saturated heterocycles. The highest BCUT2D eigenvalue weighted by Gasteiger charge is 2.35. The van der Waals surface area contributed by atoms with Gasteiger partial charge in [0.1, 0.15) is 11.9 Å². The van der Waals surface area contributed by atoms with E-state index in [4.69, 9.17) is 5.11 Å². The number of halogens is 4. The molecule has 1 aromatic rings. The average Bonchev–Trinajstić information content (AvgIpc) is 2.24. The Labute approximate surface area is 113 Å². The Morgan fingerprint density at radius 1 is 1.25 bits per heavy atom. The van der Waals surface area contributed by atoms with Gasteiger partial charge in [-0.25, -0.2) is 9.18 Å². The van der Waals surface area contributed by atoms with Gasteiger partial charge in [0, 0.05) is 5.69 Å². The van der Waals surface area contributed by atoms with Crippen molar-refractivity contribution in [3.8, 4) is 0 Å². The molecule has 112 valence electrons. The Bertz CT molecular complexity index is 506. The first-order chi connectivity index (χ1) is 8.93. The molecule has 1 atom stereocenters. The lowest BCUT2D eigenvalue weighted by atomic mass is 9.86. The van der Waals surface area contributed by atoms with Gasteiger partial charge in [-0.3, -0.25) is 0 Å². The summed E-state index contributed by atoms with van der Waals surface area (Å²) in [5.74, 6) is -2.60. The largest absolute Gasteiger partial charge is 0.480 e. The van der Waals surface area contributed by atoms with Crippen molar-refractivity contribution in [2.24, 2.45) is 5.41 Å². The van der Waals surface area contributed by atoms with E-state index in [2.05, 4.69) is 5.32 Å². The minimum atomic E-state index is -4.83. The molecule has 0 unspecified atom stereocenters. The van der Waals surface area contributed by atoms with Crippen molar-refractivity contribution in [1.82, 2.24) is 0 Å². The molecule has 0 fully saturated rings. The van der Waals surface area contributed by atoms with Crippen LogP contribution in [0.15, 0.2) is 18.2 Å². The highest BCUT2D eigenvalue weighted by molar-refractivity contribution is 5.78. The molecule has 0 aliphatic carbocycles. The molecule has 0 aromatic heterocycles. The summed E-state index contributed by atoms with van der Waals surface area (Å²) >= 11 is 0. The van der Waals surface area contributed by atoms with E-state index < -0.39 is 35.0 Å². The fraction of sp³-hybridized carbons (Fsp3) is 0.462. The third-order valence-electron chi connectivity index (χ3n) is 2.70. The molecule has 2 N–H and O–H groups in total. The summed E-state index contributed by atoms with van der Waals surface area (Å²) < 4.78 is 50.9.